The summed E-state index contributed by atoms with van der Waals surface area (Å²) < 4.78 is 26.1. The molecule has 1 saturated carbocycles. The van der Waals surface area contributed by atoms with Gasteiger partial charge in [0.2, 0.25) is 0 Å². The zero-order valence-electron chi connectivity index (χ0n) is 10.0. The normalized spacial score (nSPS) is 17.1. The van der Waals surface area contributed by atoms with Crippen molar-refractivity contribution in [2.24, 2.45) is 11.1 Å². The SMILES string of the molecule is NCC1(CNC(=O)c2ccc(F)cc2F)CCC1. The lowest BCUT2D eigenvalue weighted by molar-refractivity contribution is 0.0872. The number of amides is 1. The largest absolute Gasteiger partial charge is 0.351 e. The Morgan fingerprint density at radius 2 is 2.11 bits per heavy atom. The number of hydrogen-bond acceptors (Lipinski definition) is 2. The summed E-state index contributed by atoms with van der Waals surface area (Å²) >= 11 is 0. The van der Waals surface area contributed by atoms with Crippen molar-refractivity contribution in [3.8, 4) is 0 Å². The maximum atomic E-state index is 13.4. The number of halogens is 2. The average Bonchev–Trinajstić information content (AvgIpc) is 2.27. The fourth-order valence-electron chi connectivity index (χ4n) is 2.17. The number of nitrogens with two attached hydrogens (primary N) is 1. The molecule has 0 spiro atoms. The molecule has 1 aliphatic rings. The molecule has 0 heterocycles. The molecule has 1 aliphatic carbocycles. The zero-order chi connectivity index (χ0) is 13.2. The lowest BCUT2D eigenvalue weighted by Crippen LogP contribution is -2.47. The molecule has 0 aromatic heterocycles. The van der Waals surface area contributed by atoms with E-state index in [4.69, 9.17) is 5.73 Å². The average molecular weight is 254 g/mol. The number of benzene rings is 1. The predicted octanol–water partition coefficient (Wildman–Crippen LogP) is 1.82. The first kappa shape index (κ1) is 13.0. The minimum absolute atomic E-state index is 0.0355. The van der Waals surface area contributed by atoms with Crippen LogP contribution in [0.3, 0.4) is 0 Å². The highest BCUT2D eigenvalue weighted by Crippen LogP contribution is 2.39. The molecular formula is C13H16F2N2O. The van der Waals surface area contributed by atoms with Gasteiger partial charge in [0.15, 0.2) is 0 Å². The topological polar surface area (TPSA) is 55.1 Å². The van der Waals surface area contributed by atoms with E-state index in [0.717, 1.165) is 31.4 Å². The summed E-state index contributed by atoms with van der Waals surface area (Å²) in [5.41, 5.74) is 5.50. The Morgan fingerprint density at radius 1 is 1.39 bits per heavy atom. The summed E-state index contributed by atoms with van der Waals surface area (Å²) in [6.45, 7) is 0.957. The first-order valence-electron chi connectivity index (χ1n) is 6.00. The van der Waals surface area contributed by atoms with Crippen LogP contribution in [0.25, 0.3) is 0 Å². The van der Waals surface area contributed by atoms with Gasteiger partial charge in [-0.1, -0.05) is 6.42 Å². The smallest absolute Gasteiger partial charge is 0.254 e. The van der Waals surface area contributed by atoms with Gasteiger partial charge < -0.3 is 11.1 Å². The standard InChI is InChI=1S/C13H16F2N2O/c14-9-2-3-10(11(15)6-9)12(18)17-8-13(7-16)4-1-5-13/h2-3,6H,1,4-5,7-8,16H2,(H,17,18). The van der Waals surface area contributed by atoms with Crippen molar-refractivity contribution >= 4 is 5.91 Å². The van der Waals surface area contributed by atoms with Crippen LogP contribution >= 0.6 is 0 Å². The first-order valence-corrected chi connectivity index (χ1v) is 6.00. The highest BCUT2D eigenvalue weighted by molar-refractivity contribution is 5.94. The van der Waals surface area contributed by atoms with Crippen LogP contribution in [0.1, 0.15) is 29.6 Å². The van der Waals surface area contributed by atoms with Crippen LogP contribution in [0.4, 0.5) is 8.78 Å². The molecule has 0 saturated heterocycles. The van der Waals surface area contributed by atoms with E-state index in [-0.39, 0.29) is 11.0 Å². The second-order valence-electron chi connectivity index (χ2n) is 4.86. The molecule has 1 amide bonds. The first-order chi connectivity index (χ1) is 8.56. The van der Waals surface area contributed by atoms with Crippen LogP contribution in [-0.2, 0) is 0 Å². The second kappa shape index (κ2) is 5.02. The maximum absolute atomic E-state index is 13.4. The molecule has 5 heteroatoms. The van der Waals surface area contributed by atoms with Crippen LogP contribution in [0.5, 0.6) is 0 Å². The fraction of sp³-hybridized carbons (Fsp3) is 0.462. The quantitative estimate of drug-likeness (QED) is 0.861. The van der Waals surface area contributed by atoms with E-state index >= 15 is 0 Å². The highest BCUT2D eigenvalue weighted by Gasteiger charge is 2.35. The molecule has 98 valence electrons. The molecule has 1 fully saturated rings. The van der Waals surface area contributed by atoms with Crippen LogP contribution in [-0.4, -0.2) is 19.0 Å². The van der Waals surface area contributed by atoms with Crippen molar-refractivity contribution in [3.63, 3.8) is 0 Å². The van der Waals surface area contributed by atoms with E-state index < -0.39 is 17.5 Å². The van der Waals surface area contributed by atoms with Gasteiger partial charge in [0.05, 0.1) is 5.56 Å². The van der Waals surface area contributed by atoms with Gasteiger partial charge in [-0.3, -0.25) is 4.79 Å². The Balaban J connectivity index is 1.99. The number of carbonyl (C=O) groups is 1. The molecular weight excluding hydrogens is 238 g/mol. The molecule has 0 aliphatic heterocycles. The molecule has 0 atom stereocenters. The Hall–Kier alpha value is -1.49. The van der Waals surface area contributed by atoms with E-state index in [1.807, 2.05) is 0 Å². The summed E-state index contributed by atoms with van der Waals surface area (Å²) in [7, 11) is 0. The van der Waals surface area contributed by atoms with Gasteiger partial charge in [0, 0.05) is 12.6 Å². The van der Waals surface area contributed by atoms with Crippen LogP contribution < -0.4 is 11.1 Å². The van der Waals surface area contributed by atoms with Crippen LogP contribution in [0.2, 0.25) is 0 Å². The highest BCUT2D eigenvalue weighted by atomic mass is 19.1. The summed E-state index contributed by atoms with van der Waals surface area (Å²) in [6, 6.07) is 2.92. The molecule has 1 aromatic carbocycles. The van der Waals surface area contributed by atoms with Crippen LogP contribution in [0.15, 0.2) is 18.2 Å². The molecule has 1 aromatic rings. The van der Waals surface area contributed by atoms with Gasteiger partial charge in [-0.15, -0.1) is 0 Å². The number of nitrogens with one attached hydrogen (secondary N) is 1. The van der Waals surface area contributed by atoms with Crippen molar-refractivity contribution in [2.45, 2.75) is 19.3 Å². The van der Waals surface area contributed by atoms with Gasteiger partial charge in [-0.05, 0) is 36.9 Å². The minimum atomic E-state index is -0.845. The van der Waals surface area contributed by atoms with E-state index in [1.54, 1.807) is 0 Å². The molecule has 3 N–H and O–H groups in total. The Bertz CT molecular complexity index is 453. The second-order valence-corrected chi connectivity index (χ2v) is 4.86. The van der Waals surface area contributed by atoms with Crippen LogP contribution in [0, 0.1) is 17.0 Å². The Morgan fingerprint density at radius 3 is 2.61 bits per heavy atom. The minimum Gasteiger partial charge on any atom is -0.351 e. The van der Waals surface area contributed by atoms with Gasteiger partial charge in [0.25, 0.3) is 5.91 Å². The third-order valence-corrected chi connectivity index (χ3v) is 3.65. The van der Waals surface area contributed by atoms with E-state index in [9.17, 15) is 13.6 Å². The van der Waals surface area contributed by atoms with E-state index in [0.29, 0.717) is 19.2 Å². The molecule has 2 rings (SSSR count). The third kappa shape index (κ3) is 2.51. The monoisotopic (exact) mass is 254 g/mol. The van der Waals surface area contributed by atoms with Crippen molar-refractivity contribution in [1.82, 2.24) is 5.32 Å². The number of carbonyl (C=O) groups excluding carboxylic acids is 1. The predicted molar refractivity (Wildman–Crippen MR) is 64.0 cm³/mol. The summed E-state index contributed by atoms with van der Waals surface area (Å²) in [4.78, 5) is 11.8. The molecule has 0 unspecified atom stereocenters. The van der Waals surface area contributed by atoms with E-state index in [2.05, 4.69) is 5.32 Å². The molecule has 0 bridgehead atoms. The summed E-state index contributed by atoms with van der Waals surface area (Å²) in [5.74, 6) is -2.06. The van der Waals surface area contributed by atoms with Gasteiger partial charge in [0.1, 0.15) is 11.6 Å². The lowest BCUT2D eigenvalue weighted by atomic mass is 9.69. The number of hydrogen-bond donors (Lipinski definition) is 2. The van der Waals surface area contributed by atoms with Gasteiger partial charge in [-0.2, -0.15) is 0 Å². The van der Waals surface area contributed by atoms with Gasteiger partial charge in [-0.25, -0.2) is 8.78 Å². The van der Waals surface area contributed by atoms with Crippen molar-refractivity contribution in [1.29, 1.82) is 0 Å². The fourth-order valence-corrected chi connectivity index (χ4v) is 2.17. The molecule has 18 heavy (non-hydrogen) atoms. The number of rotatable bonds is 4. The molecule has 3 nitrogen and oxygen atoms in total. The summed E-state index contributed by atoms with van der Waals surface area (Å²) in [6.07, 6.45) is 3.07. The summed E-state index contributed by atoms with van der Waals surface area (Å²) in [5, 5.41) is 2.67. The van der Waals surface area contributed by atoms with Gasteiger partial charge >= 0.3 is 0 Å². The van der Waals surface area contributed by atoms with Crippen molar-refractivity contribution in [2.75, 3.05) is 13.1 Å². The molecule has 0 radical (unpaired) electrons. The van der Waals surface area contributed by atoms with Crippen molar-refractivity contribution < 1.29 is 13.6 Å². The van der Waals surface area contributed by atoms with Crippen molar-refractivity contribution in [3.05, 3.63) is 35.4 Å². The Kier molecular flexibility index (Phi) is 3.61. The maximum Gasteiger partial charge on any atom is 0.254 e. The third-order valence-electron chi connectivity index (χ3n) is 3.65. The lowest BCUT2D eigenvalue weighted by Gasteiger charge is -2.41. The Labute approximate surface area is 104 Å². The zero-order valence-corrected chi connectivity index (χ0v) is 10.0. The van der Waals surface area contributed by atoms with E-state index in [1.165, 1.54) is 0 Å².